The van der Waals surface area contributed by atoms with Crippen molar-refractivity contribution < 1.29 is 9.53 Å². The average molecular weight is 339 g/mol. The van der Waals surface area contributed by atoms with Crippen molar-refractivity contribution in [1.82, 2.24) is 14.9 Å². The van der Waals surface area contributed by atoms with Gasteiger partial charge in [-0.3, -0.25) is 9.78 Å². The summed E-state index contributed by atoms with van der Waals surface area (Å²) < 4.78 is 5.50. The molecule has 0 radical (unpaired) electrons. The van der Waals surface area contributed by atoms with Gasteiger partial charge in [0.05, 0.1) is 6.61 Å². The van der Waals surface area contributed by atoms with E-state index in [-0.39, 0.29) is 5.91 Å². The van der Waals surface area contributed by atoms with Gasteiger partial charge in [0.15, 0.2) is 0 Å². The SMILES string of the molecule is CCOc1ncccc1C(=O)N1CCC(Cc2ccnc(C)c2)CC1. The molecular formula is C20H25N3O2. The predicted molar refractivity (Wildman–Crippen MR) is 96.7 cm³/mol. The molecule has 0 saturated carbocycles. The van der Waals surface area contributed by atoms with Crippen LogP contribution >= 0.6 is 0 Å². The molecule has 132 valence electrons. The van der Waals surface area contributed by atoms with Crippen LogP contribution in [-0.2, 0) is 6.42 Å². The number of carbonyl (C=O) groups excluding carboxylic acids is 1. The Morgan fingerprint density at radius 3 is 2.76 bits per heavy atom. The minimum Gasteiger partial charge on any atom is -0.477 e. The predicted octanol–water partition coefficient (Wildman–Crippen LogP) is 3.28. The molecule has 1 amide bonds. The van der Waals surface area contributed by atoms with E-state index in [1.165, 1.54) is 5.56 Å². The highest BCUT2D eigenvalue weighted by Crippen LogP contribution is 2.24. The van der Waals surface area contributed by atoms with E-state index in [1.54, 1.807) is 18.3 Å². The lowest BCUT2D eigenvalue weighted by Gasteiger charge is -2.32. The number of likely N-dealkylation sites (tertiary alicyclic amines) is 1. The minimum atomic E-state index is 0.0229. The van der Waals surface area contributed by atoms with Gasteiger partial charge in [-0.1, -0.05) is 0 Å². The monoisotopic (exact) mass is 339 g/mol. The van der Waals surface area contributed by atoms with Gasteiger partial charge in [-0.25, -0.2) is 4.98 Å². The molecule has 3 heterocycles. The van der Waals surface area contributed by atoms with Crippen LogP contribution in [0.3, 0.4) is 0 Å². The first-order valence-corrected chi connectivity index (χ1v) is 8.96. The number of piperidine rings is 1. The second-order valence-corrected chi connectivity index (χ2v) is 6.53. The second-order valence-electron chi connectivity index (χ2n) is 6.53. The molecule has 2 aromatic heterocycles. The van der Waals surface area contributed by atoms with Crippen LogP contribution in [-0.4, -0.2) is 40.5 Å². The van der Waals surface area contributed by atoms with Crippen molar-refractivity contribution in [2.24, 2.45) is 5.92 Å². The molecule has 5 nitrogen and oxygen atoms in total. The summed E-state index contributed by atoms with van der Waals surface area (Å²) in [6, 6.07) is 7.83. The first-order chi connectivity index (χ1) is 12.2. The lowest BCUT2D eigenvalue weighted by Crippen LogP contribution is -2.39. The third-order valence-corrected chi connectivity index (χ3v) is 4.67. The normalized spacial score (nSPS) is 15.2. The minimum absolute atomic E-state index is 0.0229. The van der Waals surface area contributed by atoms with Crippen molar-refractivity contribution in [3.8, 4) is 5.88 Å². The summed E-state index contributed by atoms with van der Waals surface area (Å²) in [5.41, 5.74) is 2.96. The fourth-order valence-electron chi connectivity index (χ4n) is 3.38. The number of hydrogen-bond acceptors (Lipinski definition) is 4. The topological polar surface area (TPSA) is 55.3 Å². The molecule has 1 fully saturated rings. The van der Waals surface area contributed by atoms with Crippen molar-refractivity contribution >= 4 is 5.91 Å². The average Bonchev–Trinajstić information content (AvgIpc) is 2.63. The van der Waals surface area contributed by atoms with Crippen LogP contribution in [0, 0.1) is 12.8 Å². The maximum Gasteiger partial charge on any atom is 0.259 e. The standard InChI is InChI=1S/C20H25N3O2/c1-3-25-19-18(5-4-9-22-19)20(24)23-11-7-16(8-12-23)14-17-6-10-21-15(2)13-17/h4-6,9-10,13,16H,3,7-8,11-12,14H2,1-2H3. The van der Waals surface area contributed by atoms with Gasteiger partial charge >= 0.3 is 0 Å². The Bertz CT molecular complexity index is 724. The number of aryl methyl sites for hydroxylation is 1. The molecule has 25 heavy (non-hydrogen) atoms. The lowest BCUT2D eigenvalue weighted by atomic mass is 9.90. The number of carbonyl (C=O) groups is 1. The van der Waals surface area contributed by atoms with E-state index in [1.807, 2.05) is 24.9 Å². The molecule has 5 heteroatoms. The molecule has 0 N–H and O–H groups in total. The van der Waals surface area contributed by atoms with Gasteiger partial charge in [0.25, 0.3) is 5.91 Å². The number of pyridine rings is 2. The van der Waals surface area contributed by atoms with Crippen molar-refractivity contribution in [1.29, 1.82) is 0 Å². The zero-order chi connectivity index (χ0) is 17.6. The molecule has 0 spiro atoms. The fourth-order valence-corrected chi connectivity index (χ4v) is 3.38. The number of rotatable bonds is 5. The van der Waals surface area contributed by atoms with Crippen LogP contribution in [0.1, 0.15) is 41.4 Å². The Morgan fingerprint density at radius 2 is 2.04 bits per heavy atom. The summed E-state index contributed by atoms with van der Waals surface area (Å²) in [7, 11) is 0. The van der Waals surface area contributed by atoms with Crippen LogP contribution in [0.2, 0.25) is 0 Å². The van der Waals surface area contributed by atoms with Crippen LogP contribution < -0.4 is 4.74 Å². The van der Waals surface area contributed by atoms with E-state index >= 15 is 0 Å². The third-order valence-electron chi connectivity index (χ3n) is 4.67. The summed E-state index contributed by atoms with van der Waals surface area (Å²) in [4.78, 5) is 23.2. The molecule has 3 rings (SSSR count). The third kappa shape index (κ3) is 4.35. The number of amides is 1. The number of hydrogen-bond donors (Lipinski definition) is 0. The summed E-state index contributed by atoms with van der Waals surface area (Å²) in [6.07, 6.45) is 6.64. The van der Waals surface area contributed by atoms with Gasteiger partial charge in [0.2, 0.25) is 5.88 Å². The summed E-state index contributed by atoms with van der Waals surface area (Å²) in [5.74, 6) is 1.07. The Balaban J connectivity index is 1.59. The lowest BCUT2D eigenvalue weighted by molar-refractivity contribution is 0.0685. The molecule has 1 saturated heterocycles. The summed E-state index contributed by atoms with van der Waals surface area (Å²) in [6.45, 7) is 6.00. The maximum absolute atomic E-state index is 12.8. The number of ether oxygens (including phenoxy) is 1. The van der Waals surface area contributed by atoms with E-state index in [0.29, 0.717) is 24.0 Å². The smallest absolute Gasteiger partial charge is 0.259 e. The zero-order valence-electron chi connectivity index (χ0n) is 14.9. The van der Waals surface area contributed by atoms with Crippen molar-refractivity contribution in [3.05, 3.63) is 53.5 Å². The van der Waals surface area contributed by atoms with Crippen LogP contribution in [0.5, 0.6) is 5.88 Å². The molecular weight excluding hydrogens is 314 g/mol. The number of nitrogens with zero attached hydrogens (tertiary/aromatic N) is 3. The Hall–Kier alpha value is -2.43. The summed E-state index contributed by atoms with van der Waals surface area (Å²) >= 11 is 0. The van der Waals surface area contributed by atoms with Crippen molar-refractivity contribution in [2.75, 3.05) is 19.7 Å². The molecule has 0 atom stereocenters. The Labute approximate surface area is 149 Å². The molecule has 0 bridgehead atoms. The largest absolute Gasteiger partial charge is 0.477 e. The van der Waals surface area contributed by atoms with Gasteiger partial charge in [-0.2, -0.15) is 0 Å². The van der Waals surface area contributed by atoms with Gasteiger partial charge < -0.3 is 9.64 Å². The zero-order valence-corrected chi connectivity index (χ0v) is 14.9. The highest BCUT2D eigenvalue weighted by atomic mass is 16.5. The van der Waals surface area contributed by atoms with E-state index in [9.17, 15) is 4.79 Å². The van der Waals surface area contributed by atoms with Crippen molar-refractivity contribution in [2.45, 2.75) is 33.1 Å². The first kappa shape index (κ1) is 17.4. The molecule has 1 aliphatic rings. The molecule has 0 aromatic carbocycles. The summed E-state index contributed by atoms with van der Waals surface area (Å²) in [5, 5.41) is 0. The fraction of sp³-hybridized carbons (Fsp3) is 0.450. The maximum atomic E-state index is 12.8. The van der Waals surface area contributed by atoms with E-state index in [0.717, 1.165) is 38.0 Å². The van der Waals surface area contributed by atoms with Crippen LogP contribution in [0.25, 0.3) is 0 Å². The van der Waals surface area contributed by atoms with Crippen LogP contribution in [0.15, 0.2) is 36.7 Å². The molecule has 1 aliphatic heterocycles. The van der Waals surface area contributed by atoms with Crippen LogP contribution in [0.4, 0.5) is 0 Å². The van der Waals surface area contributed by atoms with E-state index in [4.69, 9.17) is 4.74 Å². The van der Waals surface area contributed by atoms with Gasteiger partial charge in [0, 0.05) is 31.2 Å². The van der Waals surface area contributed by atoms with Crippen molar-refractivity contribution in [3.63, 3.8) is 0 Å². The highest BCUT2D eigenvalue weighted by molar-refractivity contribution is 5.96. The van der Waals surface area contributed by atoms with Gasteiger partial charge in [-0.15, -0.1) is 0 Å². The van der Waals surface area contributed by atoms with E-state index in [2.05, 4.69) is 22.1 Å². The molecule has 2 aromatic rings. The Morgan fingerprint density at radius 1 is 1.24 bits per heavy atom. The highest BCUT2D eigenvalue weighted by Gasteiger charge is 2.26. The second kappa shape index (κ2) is 8.10. The molecule has 0 unspecified atom stereocenters. The first-order valence-electron chi connectivity index (χ1n) is 8.96. The number of aromatic nitrogens is 2. The van der Waals surface area contributed by atoms with Gasteiger partial charge in [0.1, 0.15) is 5.56 Å². The van der Waals surface area contributed by atoms with E-state index < -0.39 is 0 Å². The van der Waals surface area contributed by atoms with Gasteiger partial charge in [-0.05, 0) is 68.9 Å². The Kier molecular flexibility index (Phi) is 5.64. The quantitative estimate of drug-likeness (QED) is 0.839. The molecule has 0 aliphatic carbocycles.